The Morgan fingerprint density at radius 1 is 1.40 bits per heavy atom. The van der Waals surface area contributed by atoms with Gasteiger partial charge < -0.3 is 14.8 Å². The topological polar surface area (TPSA) is 77.5 Å². The highest BCUT2D eigenvalue weighted by Gasteiger charge is 2.16. The van der Waals surface area contributed by atoms with E-state index in [1.807, 2.05) is 13.8 Å². The van der Waals surface area contributed by atoms with Gasteiger partial charge in [0, 0.05) is 12.7 Å². The second-order valence-electron chi connectivity index (χ2n) is 4.56. The summed E-state index contributed by atoms with van der Waals surface area (Å²) >= 11 is 0. The van der Waals surface area contributed by atoms with Crippen molar-refractivity contribution < 1.29 is 19.1 Å². The highest BCUT2D eigenvalue weighted by atomic mass is 16.5. The Morgan fingerprint density at radius 2 is 2.15 bits per heavy atom. The molecule has 20 heavy (non-hydrogen) atoms. The summed E-state index contributed by atoms with van der Waals surface area (Å²) < 4.78 is 10.2. The third-order valence-corrected chi connectivity index (χ3v) is 2.31. The number of hydrogen-bond acceptors (Lipinski definition) is 5. The number of nitrogens with zero attached hydrogens (tertiary/aromatic N) is 1. The lowest BCUT2D eigenvalue weighted by Crippen LogP contribution is -2.31. The van der Waals surface area contributed by atoms with Crippen LogP contribution in [0.2, 0.25) is 0 Å². The zero-order valence-electron chi connectivity index (χ0n) is 12.0. The Labute approximate surface area is 118 Å². The summed E-state index contributed by atoms with van der Waals surface area (Å²) in [5.74, 6) is -0.393. The minimum Gasteiger partial charge on any atom is -0.477 e. The van der Waals surface area contributed by atoms with Crippen molar-refractivity contribution in [1.29, 1.82) is 0 Å². The summed E-state index contributed by atoms with van der Waals surface area (Å²) in [6.45, 7) is 6.39. The molecule has 0 bridgehead atoms. The molecule has 110 valence electrons. The van der Waals surface area contributed by atoms with Crippen molar-refractivity contribution in [2.24, 2.45) is 5.92 Å². The molecule has 6 heteroatoms. The maximum absolute atomic E-state index is 11.9. The lowest BCUT2D eigenvalue weighted by atomic mass is 10.2. The Balaban J connectivity index is 2.52. The Kier molecular flexibility index (Phi) is 6.49. The fourth-order valence-electron chi connectivity index (χ4n) is 1.38. The number of carbonyl (C=O) groups is 2. The van der Waals surface area contributed by atoms with Gasteiger partial charge in [-0.3, -0.25) is 4.79 Å². The van der Waals surface area contributed by atoms with Crippen LogP contribution in [0, 0.1) is 5.92 Å². The molecule has 0 aliphatic heterocycles. The van der Waals surface area contributed by atoms with Gasteiger partial charge in [0.15, 0.2) is 6.61 Å². The smallest absolute Gasteiger partial charge is 0.344 e. The number of pyridine rings is 1. The molecule has 1 heterocycles. The number of carbonyl (C=O) groups excluding carboxylic acids is 2. The average molecular weight is 280 g/mol. The van der Waals surface area contributed by atoms with E-state index < -0.39 is 5.97 Å². The average Bonchev–Trinajstić information content (AvgIpc) is 2.43. The van der Waals surface area contributed by atoms with Crippen LogP contribution >= 0.6 is 0 Å². The van der Waals surface area contributed by atoms with E-state index in [2.05, 4.69) is 10.3 Å². The lowest BCUT2D eigenvalue weighted by molar-refractivity contribution is -0.124. The molecule has 1 aromatic heterocycles. The van der Waals surface area contributed by atoms with Gasteiger partial charge in [-0.1, -0.05) is 13.8 Å². The highest BCUT2D eigenvalue weighted by molar-refractivity contribution is 5.93. The molecule has 1 aromatic rings. The molecule has 0 fully saturated rings. The number of rotatable bonds is 7. The van der Waals surface area contributed by atoms with Crippen molar-refractivity contribution >= 4 is 11.9 Å². The van der Waals surface area contributed by atoms with E-state index in [9.17, 15) is 9.59 Å². The molecule has 0 radical (unpaired) electrons. The molecule has 0 spiro atoms. The molecule has 0 aliphatic carbocycles. The number of hydrogen-bond donors (Lipinski definition) is 1. The summed E-state index contributed by atoms with van der Waals surface area (Å²) in [7, 11) is 0. The number of amides is 1. The van der Waals surface area contributed by atoms with Gasteiger partial charge in [-0.15, -0.1) is 0 Å². The molecule has 0 unspecified atom stereocenters. The fourth-order valence-corrected chi connectivity index (χ4v) is 1.38. The first kappa shape index (κ1) is 15.9. The van der Waals surface area contributed by atoms with Crippen LogP contribution in [-0.4, -0.2) is 36.6 Å². The minimum absolute atomic E-state index is 0.211. The predicted molar refractivity (Wildman–Crippen MR) is 73.5 cm³/mol. The normalized spacial score (nSPS) is 10.2. The van der Waals surface area contributed by atoms with E-state index in [0.29, 0.717) is 19.1 Å². The zero-order chi connectivity index (χ0) is 15.0. The Hall–Kier alpha value is -2.11. The van der Waals surface area contributed by atoms with Crippen LogP contribution in [0.4, 0.5) is 0 Å². The van der Waals surface area contributed by atoms with Crippen LogP contribution in [0.1, 0.15) is 31.1 Å². The number of aromatic nitrogens is 1. The molecule has 6 nitrogen and oxygen atoms in total. The molecule has 0 saturated carbocycles. The third kappa shape index (κ3) is 5.26. The molecule has 1 amide bonds. The van der Waals surface area contributed by atoms with Crippen molar-refractivity contribution in [1.82, 2.24) is 10.3 Å². The first-order chi connectivity index (χ1) is 9.54. The lowest BCUT2D eigenvalue weighted by Gasteiger charge is -2.10. The quantitative estimate of drug-likeness (QED) is 0.764. The molecular formula is C14H20N2O4. The SMILES string of the molecule is CCOc1ncccc1C(=O)OCC(=O)NCC(C)C. The van der Waals surface area contributed by atoms with Gasteiger partial charge in [-0.05, 0) is 25.0 Å². The van der Waals surface area contributed by atoms with E-state index in [0.717, 1.165) is 0 Å². The van der Waals surface area contributed by atoms with E-state index in [4.69, 9.17) is 9.47 Å². The van der Waals surface area contributed by atoms with Gasteiger partial charge in [0.1, 0.15) is 5.56 Å². The summed E-state index contributed by atoms with van der Waals surface area (Å²) in [4.78, 5) is 27.3. The molecule has 0 atom stereocenters. The van der Waals surface area contributed by atoms with Gasteiger partial charge >= 0.3 is 5.97 Å². The molecule has 0 aliphatic rings. The summed E-state index contributed by atoms with van der Waals surface area (Å²) in [6, 6.07) is 3.16. The van der Waals surface area contributed by atoms with E-state index in [1.165, 1.54) is 6.20 Å². The fraction of sp³-hybridized carbons (Fsp3) is 0.500. The number of ether oxygens (including phenoxy) is 2. The number of esters is 1. The predicted octanol–water partition coefficient (Wildman–Crippen LogP) is 1.41. The van der Waals surface area contributed by atoms with E-state index in [1.54, 1.807) is 19.1 Å². The van der Waals surface area contributed by atoms with Gasteiger partial charge in [0.25, 0.3) is 5.91 Å². The summed E-state index contributed by atoms with van der Waals surface area (Å²) in [6.07, 6.45) is 1.52. The van der Waals surface area contributed by atoms with Gasteiger partial charge in [-0.2, -0.15) is 0 Å². The van der Waals surface area contributed by atoms with Crippen molar-refractivity contribution in [3.8, 4) is 5.88 Å². The van der Waals surface area contributed by atoms with Crippen LogP contribution in [0.5, 0.6) is 5.88 Å². The van der Waals surface area contributed by atoms with Crippen molar-refractivity contribution in [3.63, 3.8) is 0 Å². The van der Waals surface area contributed by atoms with Crippen molar-refractivity contribution in [2.75, 3.05) is 19.8 Å². The zero-order valence-corrected chi connectivity index (χ0v) is 12.0. The number of nitrogens with one attached hydrogen (secondary N) is 1. The monoisotopic (exact) mass is 280 g/mol. The van der Waals surface area contributed by atoms with E-state index >= 15 is 0 Å². The maximum atomic E-state index is 11.9. The largest absolute Gasteiger partial charge is 0.477 e. The second-order valence-corrected chi connectivity index (χ2v) is 4.56. The third-order valence-electron chi connectivity index (χ3n) is 2.31. The van der Waals surface area contributed by atoms with Crippen molar-refractivity contribution in [2.45, 2.75) is 20.8 Å². The second kappa shape index (κ2) is 8.14. The Morgan fingerprint density at radius 3 is 2.80 bits per heavy atom. The first-order valence-corrected chi connectivity index (χ1v) is 6.56. The molecule has 0 saturated heterocycles. The Bertz CT molecular complexity index is 460. The van der Waals surface area contributed by atoms with Gasteiger partial charge in [0.05, 0.1) is 6.61 Å². The highest BCUT2D eigenvalue weighted by Crippen LogP contribution is 2.15. The summed E-state index contributed by atoms with van der Waals surface area (Å²) in [5, 5.41) is 2.67. The van der Waals surface area contributed by atoms with E-state index in [-0.39, 0.29) is 24.0 Å². The standard InChI is InChI=1S/C14H20N2O4/c1-4-19-13-11(6-5-7-15-13)14(18)20-9-12(17)16-8-10(2)3/h5-7,10H,4,8-9H2,1-3H3,(H,16,17). The van der Waals surface area contributed by atoms with Crippen LogP contribution < -0.4 is 10.1 Å². The van der Waals surface area contributed by atoms with Crippen molar-refractivity contribution in [3.05, 3.63) is 23.9 Å². The van der Waals surface area contributed by atoms with Crippen LogP contribution in [0.25, 0.3) is 0 Å². The molecule has 1 rings (SSSR count). The van der Waals surface area contributed by atoms with Gasteiger partial charge in [0.2, 0.25) is 5.88 Å². The first-order valence-electron chi connectivity index (χ1n) is 6.56. The molecular weight excluding hydrogens is 260 g/mol. The van der Waals surface area contributed by atoms with Crippen LogP contribution in [0.3, 0.4) is 0 Å². The van der Waals surface area contributed by atoms with Crippen LogP contribution in [-0.2, 0) is 9.53 Å². The maximum Gasteiger partial charge on any atom is 0.344 e. The van der Waals surface area contributed by atoms with Gasteiger partial charge in [-0.25, -0.2) is 9.78 Å². The summed E-state index contributed by atoms with van der Waals surface area (Å²) in [5.41, 5.74) is 0.214. The minimum atomic E-state index is -0.624. The molecule has 0 aromatic carbocycles. The van der Waals surface area contributed by atoms with Crippen LogP contribution in [0.15, 0.2) is 18.3 Å². The molecule has 1 N–H and O–H groups in total.